The first-order valence-electron chi connectivity index (χ1n) is 10.3. The Hall–Kier alpha value is -2.54. The fraction of sp³-hybridized carbons (Fsp3) is 0.375. The largest absolute Gasteiger partial charge is 0.497 e. The number of hydrogen-bond acceptors (Lipinski definition) is 6. The molecule has 1 atom stereocenters. The summed E-state index contributed by atoms with van der Waals surface area (Å²) >= 11 is 6.10. The highest BCUT2D eigenvalue weighted by molar-refractivity contribution is 6.31. The number of nitrogens with zero attached hydrogens (tertiary/aromatic N) is 1. The second-order valence-electron chi connectivity index (χ2n) is 7.71. The quantitative estimate of drug-likeness (QED) is 0.505. The van der Waals surface area contributed by atoms with Crippen molar-refractivity contribution in [2.24, 2.45) is 0 Å². The van der Waals surface area contributed by atoms with Crippen LogP contribution in [0.5, 0.6) is 11.5 Å². The van der Waals surface area contributed by atoms with E-state index in [1.807, 2.05) is 18.2 Å². The van der Waals surface area contributed by atoms with Crippen LogP contribution in [0.15, 0.2) is 51.9 Å². The van der Waals surface area contributed by atoms with Crippen LogP contribution in [0.25, 0.3) is 11.0 Å². The Balaban J connectivity index is 1.63. The molecule has 2 aromatic carbocycles. The maximum Gasteiger partial charge on any atom is 0.197 e. The van der Waals surface area contributed by atoms with E-state index in [4.69, 9.17) is 30.2 Å². The smallest absolute Gasteiger partial charge is 0.197 e. The van der Waals surface area contributed by atoms with Gasteiger partial charge in [-0.1, -0.05) is 17.7 Å². The molecule has 164 valence electrons. The van der Waals surface area contributed by atoms with Crippen molar-refractivity contribution in [1.82, 2.24) is 4.90 Å². The Morgan fingerprint density at radius 1 is 1.10 bits per heavy atom. The van der Waals surface area contributed by atoms with Gasteiger partial charge in [-0.2, -0.15) is 0 Å². The van der Waals surface area contributed by atoms with Gasteiger partial charge < -0.3 is 18.6 Å². The van der Waals surface area contributed by atoms with Crippen LogP contribution in [-0.2, 0) is 17.8 Å². The molecule has 0 spiro atoms. The van der Waals surface area contributed by atoms with Crippen molar-refractivity contribution < 1.29 is 18.6 Å². The minimum absolute atomic E-state index is 0.0669. The number of hydrogen-bond donors (Lipinski definition) is 0. The fourth-order valence-electron chi connectivity index (χ4n) is 3.98. The van der Waals surface area contributed by atoms with Gasteiger partial charge in [-0.3, -0.25) is 9.69 Å². The molecule has 1 saturated heterocycles. The molecule has 1 unspecified atom stereocenters. The summed E-state index contributed by atoms with van der Waals surface area (Å²) in [7, 11) is 3.27. The molecule has 31 heavy (non-hydrogen) atoms. The van der Waals surface area contributed by atoms with Gasteiger partial charge in [0.25, 0.3) is 0 Å². The summed E-state index contributed by atoms with van der Waals surface area (Å²) in [5, 5.41) is 1.00. The zero-order valence-electron chi connectivity index (χ0n) is 17.7. The van der Waals surface area contributed by atoms with Crippen LogP contribution >= 0.6 is 11.6 Å². The van der Waals surface area contributed by atoms with Crippen molar-refractivity contribution in [3.8, 4) is 11.5 Å². The lowest BCUT2D eigenvalue weighted by atomic mass is 10.1. The standard InChI is InChI=1S/C24H26ClNO5/c1-28-19-7-5-16(23(11-19)29-2)12-26(14-20-4-3-9-30-20)13-17-15-31-22-8-6-18(25)10-21(22)24(17)27/h5-8,10-11,15,20H,3-4,9,12-14H2,1-2H3. The Bertz CT molecular complexity index is 1110. The van der Waals surface area contributed by atoms with Crippen molar-refractivity contribution in [3.05, 3.63) is 69.0 Å². The fourth-order valence-corrected chi connectivity index (χ4v) is 4.15. The lowest BCUT2D eigenvalue weighted by Crippen LogP contribution is -2.33. The molecular formula is C24H26ClNO5. The molecule has 0 amide bonds. The molecule has 1 aromatic heterocycles. The van der Waals surface area contributed by atoms with E-state index in [2.05, 4.69) is 4.90 Å². The lowest BCUT2D eigenvalue weighted by Gasteiger charge is -2.26. The van der Waals surface area contributed by atoms with Crippen LogP contribution in [-0.4, -0.2) is 38.4 Å². The third kappa shape index (κ3) is 5.03. The molecular weight excluding hydrogens is 418 g/mol. The first-order chi connectivity index (χ1) is 15.1. The van der Waals surface area contributed by atoms with Crippen LogP contribution in [0, 0.1) is 0 Å². The predicted molar refractivity (Wildman–Crippen MR) is 120 cm³/mol. The molecule has 1 fully saturated rings. The number of ether oxygens (including phenoxy) is 3. The third-order valence-corrected chi connectivity index (χ3v) is 5.81. The second kappa shape index (κ2) is 9.73. The number of fused-ring (bicyclic) bond motifs is 1. The van der Waals surface area contributed by atoms with Gasteiger partial charge >= 0.3 is 0 Å². The van der Waals surface area contributed by atoms with E-state index in [-0.39, 0.29) is 11.5 Å². The SMILES string of the molecule is COc1ccc(CN(Cc2coc3ccc(Cl)cc3c2=O)CC2CCCO2)c(OC)c1. The first-order valence-corrected chi connectivity index (χ1v) is 10.7. The van der Waals surface area contributed by atoms with E-state index in [1.54, 1.807) is 38.7 Å². The Morgan fingerprint density at radius 2 is 1.94 bits per heavy atom. The molecule has 0 bridgehead atoms. The average molecular weight is 444 g/mol. The monoisotopic (exact) mass is 443 g/mol. The van der Waals surface area contributed by atoms with Gasteiger partial charge in [-0.15, -0.1) is 0 Å². The molecule has 0 radical (unpaired) electrons. The molecule has 1 aliphatic rings. The highest BCUT2D eigenvalue weighted by Gasteiger charge is 2.22. The zero-order valence-corrected chi connectivity index (χ0v) is 18.5. The van der Waals surface area contributed by atoms with E-state index in [9.17, 15) is 4.79 Å². The van der Waals surface area contributed by atoms with E-state index in [0.29, 0.717) is 41.2 Å². The topological polar surface area (TPSA) is 61.1 Å². The van der Waals surface area contributed by atoms with Crippen molar-refractivity contribution >= 4 is 22.6 Å². The van der Waals surface area contributed by atoms with Crippen LogP contribution in [0.4, 0.5) is 0 Å². The number of halogens is 1. The summed E-state index contributed by atoms with van der Waals surface area (Å²) in [5.41, 5.74) is 2.05. The van der Waals surface area contributed by atoms with Gasteiger partial charge in [0.2, 0.25) is 0 Å². The van der Waals surface area contributed by atoms with Crippen LogP contribution in [0.2, 0.25) is 5.02 Å². The molecule has 7 heteroatoms. The van der Waals surface area contributed by atoms with Crippen LogP contribution in [0.1, 0.15) is 24.0 Å². The molecule has 0 aliphatic carbocycles. The van der Waals surface area contributed by atoms with Gasteiger partial charge in [0, 0.05) is 48.5 Å². The van der Waals surface area contributed by atoms with Crippen LogP contribution < -0.4 is 14.9 Å². The Morgan fingerprint density at radius 3 is 2.68 bits per heavy atom. The normalized spacial score (nSPS) is 16.2. The minimum atomic E-state index is -0.0669. The molecule has 3 aromatic rings. The highest BCUT2D eigenvalue weighted by atomic mass is 35.5. The average Bonchev–Trinajstić information content (AvgIpc) is 3.29. The maximum atomic E-state index is 13.1. The minimum Gasteiger partial charge on any atom is -0.497 e. The summed E-state index contributed by atoms with van der Waals surface area (Å²) in [6.07, 6.45) is 3.76. The van der Waals surface area contributed by atoms with Gasteiger partial charge in [-0.05, 0) is 37.1 Å². The van der Waals surface area contributed by atoms with E-state index in [0.717, 1.165) is 36.5 Å². The summed E-state index contributed by atoms with van der Waals surface area (Å²) in [5.74, 6) is 1.48. The predicted octanol–water partition coefficient (Wildman–Crippen LogP) is 4.64. The zero-order chi connectivity index (χ0) is 21.8. The van der Waals surface area contributed by atoms with Crippen molar-refractivity contribution in [1.29, 1.82) is 0 Å². The highest BCUT2D eigenvalue weighted by Crippen LogP contribution is 2.27. The molecule has 4 rings (SSSR count). The molecule has 0 N–H and O–H groups in total. The van der Waals surface area contributed by atoms with E-state index < -0.39 is 0 Å². The second-order valence-corrected chi connectivity index (χ2v) is 8.15. The third-order valence-electron chi connectivity index (χ3n) is 5.57. The maximum absolute atomic E-state index is 13.1. The Labute approximate surface area is 186 Å². The summed E-state index contributed by atoms with van der Waals surface area (Å²) in [4.78, 5) is 15.3. The summed E-state index contributed by atoms with van der Waals surface area (Å²) in [6.45, 7) is 2.52. The molecule has 0 saturated carbocycles. The lowest BCUT2D eigenvalue weighted by molar-refractivity contribution is 0.0673. The van der Waals surface area contributed by atoms with Gasteiger partial charge in [0.15, 0.2) is 5.43 Å². The Kier molecular flexibility index (Phi) is 6.80. The van der Waals surface area contributed by atoms with E-state index >= 15 is 0 Å². The van der Waals surface area contributed by atoms with Gasteiger partial charge in [0.1, 0.15) is 17.1 Å². The van der Waals surface area contributed by atoms with E-state index in [1.165, 1.54) is 0 Å². The molecule has 6 nitrogen and oxygen atoms in total. The number of benzene rings is 2. The van der Waals surface area contributed by atoms with Crippen LogP contribution in [0.3, 0.4) is 0 Å². The molecule has 1 aliphatic heterocycles. The molecule has 2 heterocycles. The number of methoxy groups -OCH3 is 2. The van der Waals surface area contributed by atoms with Crippen molar-refractivity contribution in [2.45, 2.75) is 32.0 Å². The van der Waals surface area contributed by atoms with Crippen molar-refractivity contribution in [3.63, 3.8) is 0 Å². The summed E-state index contributed by atoms with van der Waals surface area (Å²) in [6, 6.07) is 10.9. The van der Waals surface area contributed by atoms with Gasteiger partial charge in [0.05, 0.1) is 32.0 Å². The van der Waals surface area contributed by atoms with Crippen molar-refractivity contribution in [2.75, 3.05) is 27.4 Å². The van der Waals surface area contributed by atoms with Gasteiger partial charge in [-0.25, -0.2) is 0 Å². The number of rotatable bonds is 8. The first kappa shape index (κ1) is 21.7. The summed E-state index contributed by atoms with van der Waals surface area (Å²) < 4.78 is 22.5.